The topological polar surface area (TPSA) is 129 Å². The minimum absolute atomic E-state index is 0.0513. The standard InChI is InChI=1S/C19H20ClN3O5/c1-19(2,10-16(26)27)23-18(28)17-13(4-3-7-21-17)22-15(25)9-11-8-12(20)5-6-14(11)24/h3-8,24H,9-10H2,1-2H3,(H,22,25)(H,23,28)(H,26,27). The first-order valence-electron chi connectivity index (χ1n) is 8.34. The quantitative estimate of drug-likeness (QED) is 0.560. The Morgan fingerprint density at radius 2 is 1.93 bits per heavy atom. The van der Waals surface area contributed by atoms with Gasteiger partial charge in [-0.1, -0.05) is 11.6 Å². The fraction of sp³-hybridized carbons (Fsp3) is 0.263. The highest BCUT2D eigenvalue weighted by Crippen LogP contribution is 2.23. The van der Waals surface area contributed by atoms with Gasteiger partial charge in [0.2, 0.25) is 5.91 Å². The molecule has 1 heterocycles. The third kappa shape index (κ3) is 5.95. The summed E-state index contributed by atoms with van der Waals surface area (Å²) in [5.74, 6) is -2.22. The van der Waals surface area contributed by atoms with Crippen LogP contribution in [0.1, 0.15) is 36.3 Å². The van der Waals surface area contributed by atoms with E-state index in [4.69, 9.17) is 16.7 Å². The SMILES string of the molecule is CC(C)(CC(=O)O)NC(=O)c1ncccc1NC(=O)Cc1cc(Cl)ccc1O. The smallest absolute Gasteiger partial charge is 0.305 e. The zero-order valence-corrected chi connectivity index (χ0v) is 16.1. The van der Waals surface area contributed by atoms with Crippen molar-refractivity contribution >= 4 is 35.1 Å². The van der Waals surface area contributed by atoms with Crippen molar-refractivity contribution < 1.29 is 24.6 Å². The number of aliphatic carboxylic acids is 1. The molecule has 0 aliphatic rings. The third-order valence-corrected chi connectivity index (χ3v) is 3.97. The maximum Gasteiger partial charge on any atom is 0.305 e. The second-order valence-corrected chi connectivity index (χ2v) is 7.24. The number of phenolic OH excluding ortho intramolecular Hbond substituents is 1. The van der Waals surface area contributed by atoms with E-state index in [1.54, 1.807) is 19.9 Å². The second-order valence-electron chi connectivity index (χ2n) is 6.81. The number of nitrogens with one attached hydrogen (secondary N) is 2. The number of halogens is 1. The van der Waals surface area contributed by atoms with Crippen molar-refractivity contribution in [2.45, 2.75) is 32.2 Å². The molecule has 0 radical (unpaired) electrons. The third-order valence-electron chi connectivity index (χ3n) is 3.73. The molecule has 2 rings (SSSR count). The van der Waals surface area contributed by atoms with E-state index in [2.05, 4.69) is 15.6 Å². The maximum atomic E-state index is 12.5. The molecule has 4 N–H and O–H groups in total. The van der Waals surface area contributed by atoms with Gasteiger partial charge in [-0.3, -0.25) is 14.4 Å². The van der Waals surface area contributed by atoms with Crippen molar-refractivity contribution in [1.82, 2.24) is 10.3 Å². The number of carbonyl (C=O) groups excluding carboxylic acids is 2. The normalized spacial score (nSPS) is 11.0. The lowest BCUT2D eigenvalue weighted by atomic mass is 10.0. The number of carboxylic acid groups (broad SMARTS) is 1. The number of carbonyl (C=O) groups is 3. The Bertz CT molecular complexity index is 914. The maximum absolute atomic E-state index is 12.5. The lowest BCUT2D eigenvalue weighted by Gasteiger charge is -2.24. The number of phenols is 1. The number of hydrogen-bond acceptors (Lipinski definition) is 5. The molecule has 0 atom stereocenters. The summed E-state index contributed by atoms with van der Waals surface area (Å²) in [7, 11) is 0. The van der Waals surface area contributed by atoms with Crippen LogP contribution < -0.4 is 10.6 Å². The Kier molecular flexibility index (Phi) is 6.58. The van der Waals surface area contributed by atoms with Crippen molar-refractivity contribution in [3.8, 4) is 5.75 Å². The number of nitrogens with zero attached hydrogens (tertiary/aromatic N) is 1. The van der Waals surface area contributed by atoms with E-state index in [1.165, 1.54) is 30.5 Å². The number of anilines is 1. The molecule has 28 heavy (non-hydrogen) atoms. The van der Waals surface area contributed by atoms with Crippen molar-refractivity contribution in [2.24, 2.45) is 0 Å². The van der Waals surface area contributed by atoms with Gasteiger partial charge in [-0.2, -0.15) is 0 Å². The van der Waals surface area contributed by atoms with Crippen molar-refractivity contribution in [1.29, 1.82) is 0 Å². The Hall–Kier alpha value is -3.13. The van der Waals surface area contributed by atoms with Crippen LogP contribution in [0.2, 0.25) is 5.02 Å². The molecule has 9 heteroatoms. The lowest BCUT2D eigenvalue weighted by Crippen LogP contribution is -2.45. The van der Waals surface area contributed by atoms with Crippen LogP contribution in [0.25, 0.3) is 0 Å². The summed E-state index contributed by atoms with van der Waals surface area (Å²) < 4.78 is 0. The van der Waals surface area contributed by atoms with Gasteiger partial charge in [0.15, 0.2) is 5.69 Å². The number of aromatic hydroxyl groups is 1. The summed E-state index contributed by atoms with van der Waals surface area (Å²) in [6.07, 6.45) is 0.950. The molecule has 0 aliphatic heterocycles. The number of amides is 2. The van der Waals surface area contributed by atoms with Gasteiger partial charge in [-0.25, -0.2) is 4.98 Å². The van der Waals surface area contributed by atoms with Gasteiger partial charge in [0.1, 0.15) is 5.75 Å². The minimum atomic E-state index is -1.05. The number of benzene rings is 1. The second kappa shape index (κ2) is 8.71. The van der Waals surface area contributed by atoms with Crippen LogP contribution in [0.4, 0.5) is 5.69 Å². The summed E-state index contributed by atoms with van der Waals surface area (Å²) in [6.45, 7) is 3.14. The molecule has 0 fully saturated rings. The molecule has 2 aromatic rings. The predicted molar refractivity (Wildman–Crippen MR) is 103 cm³/mol. The number of pyridine rings is 1. The number of carboxylic acids is 1. The molecule has 0 unspecified atom stereocenters. The highest BCUT2D eigenvalue weighted by Gasteiger charge is 2.26. The monoisotopic (exact) mass is 405 g/mol. The molecule has 1 aromatic heterocycles. The highest BCUT2D eigenvalue weighted by molar-refractivity contribution is 6.30. The fourth-order valence-electron chi connectivity index (χ4n) is 2.54. The van der Waals surface area contributed by atoms with E-state index in [-0.39, 0.29) is 30.0 Å². The van der Waals surface area contributed by atoms with Crippen molar-refractivity contribution in [3.63, 3.8) is 0 Å². The van der Waals surface area contributed by atoms with Gasteiger partial charge in [-0.05, 0) is 44.2 Å². The van der Waals surface area contributed by atoms with Crippen LogP contribution in [0, 0.1) is 0 Å². The summed E-state index contributed by atoms with van der Waals surface area (Å²) in [6, 6.07) is 7.41. The molecule has 0 saturated heterocycles. The molecule has 2 amide bonds. The van der Waals surface area contributed by atoms with Gasteiger partial charge in [0.05, 0.1) is 18.5 Å². The Balaban J connectivity index is 2.15. The number of rotatable bonds is 7. The van der Waals surface area contributed by atoms with E-state index in [0.717, 1.165) is 0 Å². The predicted octanol–water partition coefficient (Wildman–Crippen LogP) is 2.60. The van der Waals surface area contributed by atoms with Crippen molar-refractivity contribution in [2.75, 3.05) is 5.32 Å². The molecule has 0 bridgehead atoms. The molecule has 0 saturated carbocycles. The fourth-order valence-corrected chi connectivity index (χ4v) is 2.73. The summed E-state index contributed by atoms with van der Waals surface area (Å²) in [5.41, 5.74) is -0.557. The van der Waals surface area contributed by atoms with Gasteiger partial charge in [-0.15, -0.1) is 0 Å². The van der Waals surface area contributed by atoms with Gasteiger partial charge in [0, 0.05) is 22.3 Å². The summed E-state index contributed by atoms with van der Waals surface area (Å²) in [5, 5.41) is 24.3. The molecule has 0 spiro atoms. The molecule has 8 nitrogen and oxygen atoms in total. The van der Waals surface area contributed by atoms with Crippen LogP contribution in [-0.2, 0) is 16.0 Å². The first-order valence-corrected chi connectivity index (χ1v) is 8.72. The average Bonchev–Trinajstić information content (AvgIpc) is 2.56. The van der Waals surface area contributed by atoms with Crippen LogP contribution in [0.15, 0.2) is 36.5 Å². The van der Waals surface area contributed by atoms with E-state index >= 15 is 0 Å². The molecular formula is C19H20ClN3O5. The zero-order valence-electron chi connectivity index (χ0n) is 15.3. The molecule has 0 aliphatic carbocycles. The highest BCUT2D eigenvalue weighted by atomic mass is 35.5. The Morgan fingerprint density at radius 3 is 2.61 bits per heavy atom. The van der Waals surface area contributed by atoms with E-state index < -0.39 is 23.3 Å². The molecule has 148 valence electrons. The van der Waals surface area contributed by atoms with Crippen LogP contribution >= 0.6 is 11.6 Å². The number of aromatic nitrogens is 1. The van der Waals surface area contributed by atoms with Gasteiger partial charge in [0.25, 0.3) is 5.91 Å². The van der Waals surface area contributed by atoms with E-state index in [9.17, 15) is 19.5 Å². The average molecular weight is 406 g/mol. The summed E-state index contributed by atoms with van der Waals surface area (Å²) >= 11 is 5.88. The van der Waals surface area contributed by atoms with Crippen LogP contribution in [0.5, 0.6) is 5.75 Å². The lowest BCUT2D eigenvalue weighted by molar-refractivity contribution is -0.138. The minimum Gasteiger partial charge on any atom is -0.508 e. The summed E-state index contributed by atoms with van der Waals surface area (Å²) in [4.78, 5) is 39.8. The van der Waals surface area contributed by atoms with E-state index in [1.807, 2.05) is 0 Å². The van der Waals surface area contributed by atoms with Crippen molar-refractivity contribution in [3.05, 3.63) is 52.8 Å². The molecular weight excluding hydrogens is 386 g/mol. The zero-order chi connectivity index (χ0) is 20.9. The van der Waals surface area contributed by atoms with E-state index in [0.29, 0.717) is 10.6 Å². The Labute approximate surface area is 166 Å². The Morgan fingerprint density at radius 1 is 1.21 bits per heavy atom. The van der Waals surface area contributed by atoms with Gasteiger partial charge >= 0.3 is 5.97 Å². The van der Waals surface area contributed by atoms with Gasteiger partial charge < -0.3 is 20.8 Å². The van der Waals surface area contributed by atoms with Crippen LogP contribution in [-0.4, -0.2) is 38.5 Å². The van der Waals surface area contributed by atoms with Crippen LogP contribution in [0.3, 0.4) is 0 Å². The first kappa shape index (κ1) is 21.2. The first-order chi connectivity index (χ1) is 13.1. The largest absolute Gasteiger partial charge is 0.508 e. The molecule has 1 aromatic carbocycles. The number of hydrogen-bond donors (Lipinski definition) is 4.